The molecular formula is C14H21Cl2NO2S. The van der Waals surface area contributed by atoms with Gasteiger partial charge >= 0.3 is 0 Å². The first-order chi connectivity index (χ1) is 9.33. The van der Waals surface area contributed by atoms with Gasteiger partial charge in [-0.25, -0.2) is 8.42 Å². The Labute approximate surface area is 131 Å². The van der Waals surface area contributed by atoms with E-state index in [4.69, 9.17) is 23.2 Å². The lowest BCUT2D eigenvalue weighted by Crippen LogP contribution is -2.40. The quantitative estimate of drug-likeness (QED) is 0.823. The zero-order valence-corrected chi connectivity index (χ0v) is 14.3. The molecule has 0 aromatic heterocycles. The van der Waals surface area contributed by atoms with Crippen LogP contribution in [0.25, 0.3) is 0 Å². The largest absolute Gasteiger partial charge is 0.313 e. The molecular weight excluding hydrogens is 317 g/mol. The highest BCUT2D eigenvalue weighted by Crippen LogP contribution is 2.30. The molecule has 6 heteroatoms. The Kier molecular flexibility index (Phi) is 6.79. The van der Waals surface area contributed by atoms with Crippen LogP contribution >= 0.6 is 23.2 Å². The van der Waals surface area contributed by atoms with E-state index in [9.17, 15) is 8.42 Å². The van der Waals surface area contributed by atoms with Crippen molar-refractivity contribution in [1.82, 2.24) is 5.32 Å². The molecule has 0 saturated heterocycles. The summed E-state index contributed by atoms with van der Waals surface area (Å²) in [5.41, 5.74) is 0. The van der Waals surface area contributed by atoms with Gasteiger partial charge in [-0.05, 0) is 24.6 Å². The number of hydrogen-bond donors (Lipinski definition) is 1. The molecule has 20 heavy (non-hydrogen) atoms. The number of sulfone groups is 1. The molecule has 2 atom stereocenters. The van der Waals surface area contributed by atoms with E-state index in [-0.39, 0.29) is 32.7 Å². The second-order valence-corrected chi connectivity index (χ2v) is 7.67. The predicted molar refractivity (Wildman–Crippen MR) is 85.4 cm³/mol. The van der Waals surface area contributed by atoms with Crippen LogP contribution in [0, 0.1) is 5.92 Å². The van der Waals surface area contributed by atoms with Crippen molar-refractivity contribution in [2.24, 2.45) is 5.92 Å². The van der Waals surface area contributed by atoms with Crippen molar-refractivity contribution in [3.63, 3.8) is 0 Å². The fourth-order valence-electron chi connectivity index (χ4n) is 2.07. The first-order valence-electron chi connectivity index (χ1n) is 6.73. The number of hydrogen-bond acceptors (Lipinski definition) is 3. The molecule has 0 bridgehead atoms. The summed E-state index contributed by atoms with van der Waals surface area (Å²) in [4.78, 5) is 0.0366. The molecule has 2 unspecified atom stereocenters. The maximum absolute atomic E-state index is 12.6. The van der Waals surface area contributed by atoms with Gasteiger partial charge in [0.05, 0.1) is 15.8 Å². The van der Waals surface area contributed by atoms with E-state index in [1.54, 1.807) is 18.2 Å². The molecule has 0 saturated carbocycles. The maximum atomic E-state index is 12.6. The second kappa shape index (κ2) is 7.64. The van der Waals surface area contributed by atoms with Gasteiger partial charge in [-0.1, -0.05) is 56.5 Å². The lowest BCUT2D eigenvalue weighted by atomic mass is 10.0. The lowest BCUT2D eigenvalue weighted by Gasteiger charge is -2.24. The minimum absolute atomic E-state index is 0.000694. The summed E-state index contributed by atoms with van der Waals surface area (Å²) in [6.45, 7) is 6.77. The number of rotatable bonds is 7. The van der Waals surface area contributed by atoms with Crippen LogP contribution in [0.5, 0.6) is 0 Å². The fourth-order valence-corrected chi connectivity index (χ4v) is 4.99. The summed E-state index contributed by atoms with van der Waals surface area (Å²) in [5.74, 6) is 0.255. The van der Waals surface area contributed by atoms with Crippen molar-refractivity contribution in [2.45, 2.75) is 38.1 Å². The second-order valence-electron chi connectivity index (χ2n) is 4.88. The summed E-state index contributed by atoms with van der Waals surface area (Å²) in [7, 11) is -3.52. The summed E-state index contributed by atoms with van der Waals surface area (Å²) < 4.78 is 25.1. The molecule has 0 aliphatic rings. The highest BCUT2D eigenvalue weighted by Gasteiger charge is 2.27. The van der Waals surface area contributed by atoms with E-state index in [0.717, 1.165) is 13.0 Å². The molecule has 114 valence electrons. The minimum atomic E-state index is -3.52. The van der Waals surface area contributed by atoms with Crippen molar-refractivity contribution in [2.75, 3.05) is 12.3 Å². The molecule has 3 nitrogen and oxygen atoms in total. The molecule has 0 aliphatic carbocycles. The summed E-state index contributed by atoms with van der Waals surface area (Å²) in [5, 5.41) is 3.59. The van der Waals surface area contributed by atoms with E-state index in [2.05, 4.69) is 5.32 Å². The van der Waals surface area contributed by atoms with Crippen molar-refractivity contribution in [3.8, 4) is 0 Å². The number of halogens is 2. The Morgan fingerprint density at radius 3 is 2.20 bits per heavy atom. The van der Waals surface area contributed by atoms with E-state index < -0.39 is 9.84 Å². The van der Waals surface area contributed by atoms with Crippen LogP contribution in [0.4, 0.5) is 0 Å². The molecule has 0 radical (unpaired) electrons. The first kappa shape index (κ1) is 17.8. The van der Waals surface area contributed by atoms with Crippen LogP contribution < -0.4 is 5.32 Å². The summed E-state index contributed by atoms with van der Waals surface area (Å²) in [6.07, 6.45) is 0.906. The normalized spacial score (nSPS) is 15.1. The van der Waals surface area contributed by atoms with Gasteiger partial charge in [-0.3, -0.25) is 0 Å². The van der Waals surface area contributed by atoms with Crippen molar-refractivity contribution >= 4 is 33.0 Å². The average molecular weight is 338 g/mol. The molecule has 1 N–H and O–H groups in total. The zero-order valence-electron chi connectivity index (χ0n) is 12.0. The van der Waals surface area contributed by atoms with Crippen LogP contribution in [0.15, 0.2) is 23.1 Å². The van der Waals surface area contributed by atoms with Crippen LogP contribution in [0.2, 0.25) is 10.0 Å². The highest BCUT2D eigenvalue weighted by molar-refractivity contribution is 7.91. The van der Waals surface area contributed by atoms with E-state index in [0.29, 0.717) is 0 Å². The van der Waals surface area contributed by atoms with Crippen molar-refractivity contribution < 1.29 is 8.42 Å². The zero-order chi connectivity index (χ0) is 15.3. The van der Waals surface area contributed by atoms with Gasteiger partial charge in [0.15, 0.2) is 9.84 Å². The van der Waals surface area contributed by atoms with Gasteiger partial charge in [-0.2, -0.15) is 0 Å². The Morgan fingerprint density at radius 2 is 1.75 bits per heavy atom. The molecule has 1 aromatic rings. The van der Waals surface area contributed by atoms with Gasteiger partial charge in [0, 0.05) is 6.04 Å². The number of benzene rings is 1. The third-order valence-electron chi connectivity index (χ3n) is 3.43. The van der Waals surface area contributed by atoms with Gasteiger partial charge in [0.1, 0.15) is 4.90 Å². The fraction of sp³-hybridized carbons (Fsp3) is 0.571. The maximum Gasteiger partial charge on any atom is 0.182 e. The van der Waals surface area contributed by atoms with Crippen LogP contribution in [0.1, 0.15) is 27.2 Å². The van der Waals surface area contributed by atoms with Crippen molar-refractivity contribution in [1.29, 1.82) is 0 Å². The lowest BCUT2D eigenvalue weighted by molar-refractivity contribution is 0.398. The Hall–Kier alpha value is -0.290. The molecule has 0 aliphatic heterocycles. The van der Waals surface area contributed by atoms with E-state index in [1.165, 1.54) is 0 Å². The van der Waals surface area contributed by atoms with Gasteiger partial charge in [0.2, 0.25) is 0 Å². The SMILES string of the molecule is CCNC(CS(=O)(=O)c1c(Cl)cccc1Cl)C(C)CC. The molecule has 1 aromatic carbocycles. The molecule has 0 fully saturated rings. The highest BCUT2D eigenvalue weighted by atomic mass is 35.5. The average Bonchev–Trinajstić information content (AvgIpc) is 2.36. The Balaban J connectivity index is 3.10. The molecule has 0 amide bonds. The third-order valence-corrected chi connectivity index (χ3v) is 6.14. The summed E-state index contributed by atoms with van der Waals surface area (Å²) in [6, 6.07) is 4.62. The number of nitrogens with one attached hydrogen (secondary N) is 1. The Morgan fingerprint density at radius 1 is 1.20 bits per heavy atom. The third kappa shape index (κ3) is 4.35. The standard InChI is InChI=1S/C14H21Cl2NO2S/c1-4-10(3)13(17-5-2)9-20(18,19)14-11(15)7-6-8-12(14)16/h6-8,10,13,17H,4-5,9H2,1-3H3. The predicted octanol–water partition coefficient (Wildman–Crippen LogP) is 3.79. The first-order valence-corrected chi connectivity index (χ1v) is 9.14. The van der Waals surface area contributed by atoms with Gasteiger partial charge in [-0.15, -0.1) is 0 Å². The molecule has 1 rings (SSSR count). The van der Waals surface area contributed by atoms with Crippen LogP contribution in [-0.4, -0.2) is 26.8 Å². The Bertz CT molecular complexity index is 526. The van der Waals surface area contributed by atoms with Gasteiger partial charge in [0.25, 0.3) is 0 Å². The smallest absolute Gasteiger partial charge is 0.182 e. The summed E-state index contributed by atoms with van der Waals surface area (Å²) >= 11 is 12.0. The monoisotopic (exact) mass is 337 g/mol. The van der Waals surface area contributed by atoms with Gasteiger partial charge < -0.3 is 5.32 Å². The van der Waals surface area contributed by atoms with Crippen LogP contribution in [-0.2, 0) is 9.84 Å². The van der Waals surface area contributed by atoms with Crippen molar-refractivity contribution in [3.05, 3.63) is 28.2 Å². The van der Waals surface area contributed by atoms with E-state index >= 15 is 0 Å². The topological polar surface area (TPSA) is 46.2 Å². The molecule has 0 heterocycles. The molecule has 0 spiro atoms. The van der Waals surface area contributed by atoms with Crippen LogP contribution in [0.3, 0.4) is 0 Å². The van der Waals surface area contributed by atoms with E-state index in [1.807, 2.05) is 20.8 Å². The minimum Gasteiger partial charge on any atom is -0.313 e.